The maximum Gasteiger partial charge on any atom is 0.322 e. The third kappa shape index (κ3) is 3.18. The smallest absolute Gasteiger partial charge is 0.322 e. The Morgan fingerprint density at radius 1 is 1.05 bits per heavy atom. The third-order valence-corrected chi connectivity index (χ3v) is 2.66. The zero-order chi connectivity index (χ0) is 14.5. The van der Waals surface area contributed by atoms with Gasteiger partial charge >= 0.3 is 6.01 Å². The maximum absolute atomic E-state index is 5.97. The number of nitrogens with zero attached hydrogens (tertiary/aromatic N) is 3. The Balaban J connectivity index is 2.36. The molecule has 0 aliphatic heterocycles. The van der Waals surface area contributed by atoms with Crippen molar-refractivity contribution in [2.45, 2.75) is 0 Å². The monoisotopic (exact) mass is 295 g/mol. The van der Waals surface area contributed by atoms with Crippen LogP contribution >= 0.6 is 11.6 Å². The van der Waals surface area contributed by atoms with Crippen LogP contribution in [0.15, 0.2) is 18.2 Å². The minimum Gasteiger partial charge on any atom is -0.495 e. The van der Waals surface area contributed by atoms with Crippen molar-refractivity contribution in [1.29, 1.82) is 0 Å². The Morgan fingerprint density at radius 2 is 1.80 bits per heavy atom. The SMILES string of the molecule is CNc1nc(Nc2cc(Cl)ccc2OC)nc(OC)n1. The highest BCUT2D eigenvalue weighted by Crippen LogP contribution is 2.29. The van der Waals surface area contributed by atoms with E-state index in [0.717, 1.165) is 0 Å². The van der Waals surface area contributed by atoms with Gasteiger partial charge in [0.2, 0.25) is 11.9 Å². The van der Waals surface area contributed by atoms with Gasteiger partial charge in [-0.05, 0) is 18.2 Å². The fourth-order valence-corrected chi connectivity index (χ4v) is 1.69. The number of anilines is 3. The lowest BCUT2D eigenvalue weighted by atomic mass is 10.3. The molecule has 0 unspecified atom stereocenters. The van der Waals surface area contributed by atoms with Crippen molar-refractivity contribution < 1.29 is 9.47 Å². The summed E-state index contributed by atoms with van der Waals surface area (Å²) in [5.74, 6) is 1.34. The summed E-state index contributed by atoms with van der Waals surface area (Å²) < 4.78 is 10.3. The molecule has 1 heterocycles. The Hall–Kier alpha value is -2.28. The lowest BCUT2D eigenvalue weighted by Gasteiger charge is -2.11. The molecule has 2 rings (SSSR count). The van der Waals surface area contributed by atoms with E-state index in [1.54, 1.807) is 32.4 Å². The number of halogens is 1. The van der Waals surface area contributed by atoms with Gasteiger partial charge in [0, 0.05) is 12.1 Å². The molecule has 7 nitrogen and oxygen atoms in total. The second-order valence-electron chi connectivity index (χ2n) is 3.69. The van der Waals surface area contributed by atoms with Gasteiger partial charge in [0.15, 0.2) is 0 Å². The second kappa shape index (κ2) is 6.25. The molecule has 2 N–H and O–H groups in total. The summed E-state index contributed by atoms with van der Waals surface area (Å²) in [6, 6.07) is 5.41. The number of hydrogen-bond acceptors (Lipinski definition) is 7. The summed E-state index contributed by atoms with van der Waals surface area (Å²) in [5, 5.41) is 6.42. The van der Waals surface area contributed by atoms with E-state index in [0.29, 0.717) is 28.4 Å². The molecule has 1 aromatic carbocycles. The molecule has 20 heavy (non-hydrogen) atoms. The maximum atomic E-state index is 5.97. The van der Waals surface area contributed by atoms with Crippen LogP contribution in [0.5, 0.6) is 11.8 Å². The summed E-state index contributed by atoms with van der Waals surface area (Å²) in [7, 11) is 4.76. The first-order valence-corrected chi connectivity index (χ1v) is 6.12. The van der Waals surface area contributed by atoms with E-state index < -0.39 is 0 Å². The molecular weight excluding hydrogens is 282 g/mol. The number of aromatic nitrogens is 3. The van der Waals surface area contributed by atoms with Crippen LogP contribution in [0.25, 0.3) is 0 Å². The van der Waals surface area contributed by atoms with Crippen LogP contribution in [-0.4, -0.2) is 36.2 Å². The lowest BCUT2D eigenvalue weighted by Crippen LogP contribution is -2.06. The van der Waals surface area contributed by atoms with Gasteiger partial charge in [0.1, 0.15) is 5.75 Å². The fraction of sp³-hybridized carbons (Fsp3) is 0.250. The molecule has 0 spiro atoms. The molecule has 0 aliphatic carbocycles. The highest BCUT2D eigenvalue weighted by Gasteiger charge is 2.09. The van der Waals surface area contributed by atoms with Gasteiger partial charge in [-0.15, -0.1) is 0 Å². The van der Waals surface area contributed by atoms with E-state index in [1.807, 2.05) is 0 Å². The first-order valence-electron chi connectivity index (χ1n) is 5.74. The molecule has 0 atom stereocenters. The number of methoxy groups -OCH3 is 2. The summed E-state index contributed by atoms with van der Waals surface area (Å²) in [4.78, 5) is 12.3. The molecule has 2 aromatic rings. The number of ether oxygens (including phenoxy) is 2. The van der Waals surface area contributed by atoms with Crippen LogP contribution in [0.4, 0.5) is 17.6 Å². The summed E-state index contributed by atoms with van der Waals surface area (Å²) in [5.41, 5.74) is 0.648. The molecule has 0 fully saturated rings. The predicted molar refractivity (Wildman–Crippen MR) is 77.2 cm³/mol. The minimum atomic E-state index is 0.202. The van der Waals surface area contributed by atoms with Crippen LogP contribution in [-0.2, 0) is 0 Å². The molecule has 0 amide bonds. The molecule has 0 saturated heterocycles. The molecule has 0 bridgehead atoms. The van der Waals surface area contributed by atoms with Crippen molar-refractivity contribution in [2.75, 3.05) is 31.9 Å². The van der Waals surface area contributed by atoms with Crippen LogP contribution < -0.4 is 20.1 Å². The molecule has 8 heteroatoms. The second-order valence-corrected chi connectivity index (χ2v) is 4.13. The average molecular weight is 296 g/mol. The first-order chi connectivity index (χ1) is 9.66. The Bertz CT molecular complexity index is 586. The van der Waals surface area contributed by atoms with E-state index in [4.69, 9.17) is 21.1 Å². The van der Waals surface area contributed by atoms with Gasteiger partial charge in [-0.3, -0.25) is 0 Å². The number of hydrogen-bond donors (Lipinski definition) is 2. The number of nitrogens with one attached hydrogen (secondary N) is 2. The van der Waals surface area contributed by atoms with Gasteiger partial charge in [-0.25, -0.2) is 0 Å². The standard InChI is InChI=1S/C12H14ClN5O2/c1-14-10-16-11(18-12(17-10)20-3)15-8-6-7(13)4-5-9(8)19-2/h4-6H,1-3H3,(H2,14,15,16,17,18). The highest BCUT2D eigenvalue weighted by atomic mass is 35.5. The topological polar surface area (TPSA) is 81.2 Å². The van der Waals surface area contributed by atoms with Gasteiger partial charge in [0.25, 0.3) is 0 Å². The van der Waals surface area contributed by atoms with Crippen molar-refractivity contribution in [3.63, 3.8) is 0 Å². The molecule has 0 aliphatic rings. The Morgan fingerprint density at radius 3 is 2.45 bits per heavy atom. The molecular formula is C12H14ClN5O2. The Kier molecular flexibility index (Phi) is 4.41. The highest BCUT2D eigenvalue weighted by molar-refractivity contribution is 6.30. The van der Waals surface area contributed by atoms with E-state index in [-0.39, 0.29) is 6.01 Å². The van der Waals surface area contributed by atoms with Gasteiger partial charge < -0.3 is 20.1 Å². The number of benzene rings is 1. The predicted octanol–water partition coefficient (Wildman–Crippen LogP) is 2.33. The van der Waals surface area contributed by atoms with Crippen LogP contribution in [0, 0.1) is 0 Å². The lowest BCUT2D eigenvalue weighted by molar-refractivity contribution is 0.379. The van der Waals surface area contributed by atoms with Crippen LogP contribution in [0.2, 0.25) is 5.02 Å². The molecule has 1 aromatic heterocycles. The van der Waals surface area contributed by atoms with Crippen molar-refractivity contribution in [1.82, 2.24) is 15.0 Å². The van der Waals surface area contributed by atoms with E-state index in [9.17, 15) is 0 Å². The van der Waals surface area contributed by atoms with Gasteiger partial charge in [0.05, 0.1) is 19.9 Å². The third-order valence-electron chi connectivity index (χ3n) is 2.43. The van der Waals surface area contributed by atoms with E-state index in [2.05, 4.69) is 25.6 Å². The zero-order valence-corrected chi connectivity index (χ0v) is 12.0. The summed E-state index contributed by atoms with van der Waals surface area (Å²) in [6.07, 6.45) is 0. The number of rotatable bonds is 5. The van der Waals surface area contributed by atoms with Crippen molar-refractivity contribution >= 4 is 29.2 Å². The van der Waals surface area contributed by atoms with Gasteiger partial charge in [-0.1, -0.05) is 11.6 Å². The van der Waals surface area contributed by atoms with E-state index >= 15 is 0 Å². The van der Waals surface area contributed by atoms with Crippen LogP contribution in [0.3, 0.4) is 0 Å². The first kappa shape index (κ1) is 14.1. The van der Waals surface area contributed by atoms with E-state index in [1.165, 1.54) is 7.11 Å². The molecule has 0 radical (unpaired) electrons. The summed E-state index contributed by atoms with van der Waals surface area (Å²) >= 11 is 5.97. The quantitative estimate of drug-likeness (QED) is 0.876. The van der Waals surface area contributed by atoms with Crippen molar-refractivity contribution in [3.8, 4) is 11.8 Å². The normalized spacial score (nSPS) is 10.0. The minimum absolute atomic E-state index is 0.202. The van der Waals surface area contributed by atoms with Crippen molar-refractivity contribution in [3.05, 3.63) is 23.2 Å². The largest absolute Gasteiger partial charge is 0.495 e. The van der Waals surface area contributed by atoms with Crippen molar-refractivity contribution in [2.24, 2.45) is 0 Å². The van der Waals surface area contributed by atoms with Crippen LogP contribution in [0.1, 0.15) is 0 Å². The molecule has 0 saturated carbocycles. The zero-order valence-electron chi connectivity index (χ0n) is 11.3. The summed E-state index contributed by atoms with van der Waals surface area (Å²) in [6.45, 7) is 0. The molecule has 106 valence electrons. The average Bonchev–Trinajstić information content (AvgIpc) is 2.47. The Labute approximate surface area is 121 Å². The fourth-order valence-electron chi connectivity index (χ4n) is 1.51. The van der Waals surface area contributed by atoms with Gasteiger partial charge in [-0.2, -0.15) is 15.0 Å².